The van der Waals surface area contributed by atoms with Gasteiger partial charge in [-0.15, -0.1) is 0 Å². The van der Waals surface area contributed by atoms with Gasteiger partial charge in [0.05, 0.1) is 12.5 Å². The third-order valence-electron chi connectivity index (χ3n) is 1.68. The minimum atomic E-state index is 0.522. The molecule has 0 N–H and O–H groups in total. The van der Waals surface area contributed by atoms with E-state index in [2.05, 4.69) is 25.1 Å². The average Bonchev–Trinajstić information content (AvgIpc) is 2.22. The molecule has 1 aromatic carbocycles. The van der Waals surface area contributed by atoms with Crippen LogP contribution in [0.15, 0.2) is 24.3 Å². The van der Waals surface area contributed by atoms with Gasteiger partial charge in [-0.2, -0.15) is 5.26 Å². The van der Waals surface area contributed by atoms with Gasteiger partial charge in [-0.25, -0.2) is 0 Å². The van der Waals surface area contributed by atoms with Crippen LogP contribution >= 0.6 is 0 Å². The molecule has 13 heavy (non-hydrogen) atoms. The lowest BCUT2D eigenvalue weighted by Gasteiger charge is -1.97. The van der Waals surface area contributed by atoms with Crippen LogP contribution in [0.3, 0.4) is 0 Å². The maximum Gasteiger partial charge on any atom is 0.0669 e. The summed E-state index contributed by atoms with van der Waals surface area (Å²) < 4.78 is 0. The van der Waals surface area contributed by atoms with Crippen molar-refractivity contribution in [3.05, 3.63) is 35.4 Å². The molecule has 0 atom stereocenters. The molecule has 0 radical (unpaired) electrons. The third kappa shape index (κ3) is 4.32. The van der Waals surface area contributed by atoms with Gasteiger partial charge in [0.15, 0.2) is 0 Å². The summed E-state index contributed by atoms with van der Waals surface area (Å²) in [5, 5.41) is 8.43. The number of benzene rings is 1. The summed E-state index contributed by atoms with van der Waals surface area (Å²) in [5.74, 6) is 0. The van der Waals surface area contributed by atoms with Crippen LogP contribution in [0, 0.1) is 11.3 Å². The van der Waals surface area contributed by atoms with Crippen LogP contribution in [-0.2, 0) is 12.8 Å². The van der Waals surface area contributed by atoms with Crippen molar-refractivity contribution in [2.75, 3.05) is 0 Å². The smallest absolute Gasteiger partial charge is 0.0669 e. The van der Waals surface area contributed by atoms with Crippen molar-refractivity contribution in [1.29, 1.82) is 5.26 Å². The molecule has 0 aliphatic carbocycles. The molecule has 0 bridgehead atoms. The first kappa shape index (κ1) is 11.7. The number of hydrogen-bond acceptors (Lipinski definition) is 1. The zero-order valence-electron chi connectivity index (χ0n) is 8.67. The number of hydrogen-bond donors (Lipinski definition) is 0. The molecule has 1 rings (SSSR count). The Morgan fingerprint density at radius 1 is 1.23 bits per heavy atom. The molecular formula is C12H17N. The van der Waals surface area contributed by atoms with Crippen LogP contribution < -0.4 is 0 Å². The summed E-state index contributed by atoms with van der Waals surface area (Å²) in [6, 6.07) is 10.3. The molecule has 0 fully saturated rings. The lowest BCUT2D eigenvalue weighted by Crippen LogP contribution is -1.84. The van der Waals surface area contributed by atoms with Gasteiger partial charge in [0.25, 0.3) is 0 Å². The first-order chi connectivity index (χ1) is 6.36. The minimum absolute atomic E-state index is 0.522. The molecule has 0 aliphatic heterocycles. The van der Waals surface area contributed by atoms with Gasteiger partial charge in [-0.3, -0.25) is 0 Å². The number of nitrogens with zero attached hydrogens (tertiary/aromatic N) is 1. The first-order valence-corrected chi connectivity index (χ1v) is 4.81. The molecular weight excluding hydrogens is 158 g/mol. The molecule has 1 aromatic rings. The second kappa shape index (κ2) is 7.36. The minimum Gasteiger partial charge on any atom is -0.198 e. The Bertz CT molecular complexity index is 271. The zero-order chi connectivity index (χ0) is 10.1. The highest BCUT2D eigenvalue weighted by Gasteiger charge is 1.91. The third-order valence-corrected chi connectivity index (χ3v) is 1.68. The Kier molecular flexibility index (Phi) is 6.63. The molecule has 0 amide bonds. The van der Waals surface area contributed by atoms with E-state index in [1.165, 1.54) is 5.56 Å². The molecule has 70 valence electrons. The van der Waals surface area contributed by atoms with Crippen molar-refractivity contribution < 1.29 is 0 Å². The van der Waals surface area contributed by atoms with Crippen LogP contribution in [0.1, 0.15) is 31.9 Å². The SMILES string of the molecule is CC.CCc1cccc(CC#N)c1. The highest BCUT2D eigenvalue weighted by Crippen LogP contribution is 2.05. The Morgan fingerprint density at radius 3 is 2.38 bits per heavy atom. The molecule has 0 unspecified atom stereocenters. The second-order valence-corrected chi connectivity index (χ2v) is 2.51. The van der Waals surface area contributed by atoms with Gasteiger partial charge >= 0.3 is 0 Å². The Morgan fingerprint density at radius 2 is 1.85 bits per heavy atom. The van der Waals surface area contributed by atoms with E-state index in [-0.39, 0.29) is 0 Å². The van der Waals surface area contributed by atoms with Crippen molar-refractivity contribution in [3.8, 4) is 6.07 Å². The van der Waals surface area contributed by atoms with Gasteiger partial charge in [0.1, 0.15) is 0 Å². The lowest BCUT2D eigenvalue weighted by molar-refractivity contribution is 1.12. The zero-order valence-corrected chi connectivity index (χ0v) is 8.67. The number of rotatable bonds is 2. The van der Waals surface area contributed by atoms with E-state index in [0.29, 0.717) is 6.42 Å². The number of aryl methyl sites for hydroxylation is 1. The molecule has 0 saturated carbocycles. The van der Waals surface area contributed by atoms with Gasteiger partial charge in [0, 0.05) is 0 Å². The van der Waals surface area contributed by atoms with Crippen molar-refractivity contribution in [3.63, 3.8) is 0 Å². The van der Waals surface area contributed by atoms with E-state index in [1.54, 1.807) is 0 Å². The molecule has 0 heterocycles. The summed E-state index contributed by atoms with van der Waals surface area (Å²) in [4.78, 5) is 0. The predicted molar refractivity (Wildman–Crippen MR) is 56.5 cm³/mol. The van der Waals surface area contributed by atoms with Gasteiger partial charge in [-0.1, -0.05) is 45.0 Å². The maximum absolute atomic E-state index is 8.43. The lowest BCUT2D eigenvalue weighted by atomic mass is 10.1. The van der Waals surface area contributed by atoms with Gasteiger partial charge in [0.2, 0.25) is 0 Å². The fourth-order valence-corrected chi connectivity index (χ4v) is 1.05. The highest BCUT2D eigenvalue weighted by atomic mass is 14.2. The van der Waals surface area contributed by atoms with Crippen molar-refractivity contribution in [2.24, 2.45) is 0 Å². The maximum atomic E-state index is 8.43. The van der Waals surface area contributed by atoms with Crippen LogP contribution in [0.25, 0.3) is 0 Å². The molecule has 0 aliphatic rings. The highest BCUT2D eigenvalue weighted by molar-refractivity contribution is 5.25. The normalized spacial score (nSPS) is 8.15. The standard InChI is InChI=1S/C10H11N.C2H6/c1-2-9-4-3-5-10(8-9)6-7-11;1-2/h3-5,8H,2,6H2,1H3;1-2H3. The quantitative estimate of drug-likeness (QED) is 0.676. The van der Waals surface area contributed by atoms with E-state index in [1.807, 2.05) is 26.0 Å². The van der Waals surface area contributed by atoms with Gasteiger partial charge < -0.3 is 0 Å². The van der Waals surface area contributed by atoms with E-state index < -0.39 is 0 Å². The molecule has 1 nitrogen and oxygen atoms in total. The van der Waals surface area contributed by atoms with E-state index in [4.69, 9.17) is 5.26 Å². The number of nitriles is 1. The van der Waals surface area contributed by atoms with Crippen LogP contribution in [0.5, 0.6) is 0 Å². The fourth-order valence-electron chi connectivity index (χ4n) is 1.05. The van der Waals surface area contributed by atoms with Crippen molar-refractivity contribution >= 4 is 0 Å². The monoisotopic (exact) mass is 175 g/mol. The average molecular weight is 175 g/mol. The van der Waals surface area contributed by atoms with Crippen LogP contribution in [-0.4, -0.2) is 0 Å². The summed E-state index contributed by atoms with van der Waals surface area (Å²) in [6.45, 7) is 6.12. The Labute approximate surface area is 81.0 Å². The summed E-state index contributed by atoms with van der Waals surface area (Å²) in [7, 11) is 0. The summed E-state index contributed by atoms with van der Waals surface area (Å²) in [6.07, 6.45) is 1.56. The molecule has 0 spiro atoms. The molecule has 1 heteroatoms. The van der Waals surface area contributed by atoms with E-state index in [9.17, 15) is 0 Å². The second-order valence-electron chi connectivity index (χ2n) is 2.51. The van der Waals surface area contributed by atoms with Gasteiger partial charge in [-0.05, 0) is 17.5 Å². The summed E-state index contributed by atoms with van der Waals surface area (Å²) in [5.41, 5.74) is 2.42. The fraction of sp³-hybridized carbons (Fsp3) is 0.417. The molecule has 0 aromatic heterocycles. The Hall–Kier alpha value is -1.29. The van der Waals surface area contributed by atoms with E-state index >= 15 is 0 Å². The van der Waals surface area contributed by atoms with Crippen molar-refractivity contribution in [1.82, 2.24) is 0 Å². The predicted octanol–water partition coefficient (Wildman–Crippen LogP) is 3.34. The van der Waals surface area contributed by atoms with Crippen LogP contribution in [0.4, 0.5) is 0 Å². The van der Waals surface area contributed by atoms with Crippen molar-refractivity contribution in [2.45, 2.75) is 33.6 Å². The molecule has 0 saturated heterocycles. The van der Waals surface area contributed by atoms with E-state index in [0.717, 1.165) is 12.0 Å². The first-order valence-electron chi connectivity index (χ1n) is 4.81. The Balaban J connectivity index is 0.000000671. The summed E-state index contributed by atoms with van der Waals surface area (Å²) >= 11 is 0. The van der Waals surface area contributed by atoms with Crippen LogP contribution in [0.2, 0.25) is 0 Å². The largest absolute Gasteiger partial charge is 0.198 e. The topological polar surface area (TPSA) is 23.8 Å².